The van der Waals surface area contributed by atoms with Crippen LogP contribution >= 0.6 is 0 Å². The lowest BCUT2D eigenvalue weighted by atomic mass is 10.5. The summed E-state index contributed by atoms with van der Waals surface area (Å²) in [4.78, 5) is 0. The molecule has 0 aromatic carbocycles. The van der Waals surface area contributed by atoms with Crippen molar-refractivity contribution < 1.29 is 13.2 Å². The summed E-state index contributed by atoms with van der Waals surface area (Å²) in [6, 6.07) is 0.644. The zero-order valence-electron chi connectivity index (χ0n) is 10.7. The van der Waals surface area contributed by atoms with E-state index in [2.05, 4.69) is 10.0 Å². The predicted molar refractivity (Wildman–Crippen MR) is 68.5 cm³/mol. The average molecular weight is 264 g/mol. The lowest BCUT2D eigenvalue weighted by molar-refractivity contribution is 0.0834. The average Bonchev–Trinajstić information content (AvgIpc) is 3.03. The second-order valence-electron chi connectivity index (χ2n) is 4.71. The minimum Gasteiger partial charge on any atom is -0.377 e. The van der Waals surface area contributed by atoms with Crippen molar-refractivity contribution in [3.8, 4) is 0 Å². The largest absolute Gasteiger partial charge is 0.377 e. The van der Waals surface area contributed by atoms with Gasteiger partial charge in [0.2, 0.25) is 10.0 Å². The van der Waals surface area contributed by atoms with E-state index in [1.165, 1.54) is 12.8 Å². The molecule has 2 N–H and O–H groups in total. The molecule has 0 unspecified atom stereocenters. The molecule has 0 amide bonds. The molecule has 0 atom stereocenters. The quantitative estimate of drug-likeness (QED) is 0.563. The van der Waals surface area contributed by atoms with Crippen LogP contribution in [0.25, 0.3) is 0 Å². The van der Waals surface area contributed by atoms with Gasteiger partial charge in [0.25, 0.3) is 0 Å². The lowest BCUT2D eigenvalue weighted by Crippen LogP contribution is -2.31. The third-order valence-electron chi connectivity index (χ3n) is 2.48. The van der Waals surface area contributed by atoms with Crippen LogP contribution in [0.1, 0.15) is 33.1 Å². The molecule has 0 bridgehead atoms. The van der Waals surface area contributed by atoms with Crippen LogP contribution in [0.2, 0.25) is 0 Å². The van der Waals surface area contributed by atoms with E-state index in [4.69, 9.17) is 4.74 Å². The topological polar surface area (TPSA) is 67.4 Å². The molecule has 1 aliphatic carbocycles. The number of hydrogen-bond donors (Lipinski definition) is 2. The van der Waals surface area contributed by atoms with E-state index in [-0.39, 0.29) is 11.9 Å². The standard InChI is InChI=1S/C11H24N2O3S/c1-10(2)16-8-7-13-17(14,15)9-3-6-12-11-4-5-11/h10-13H,3-9H2,1-2H3. The van der Waals surface area contributed by atoms with Gasteiger partial charge in [-0.25, -0.2) is 13.1 Å². The summed E-state index contributed by atoms with van der Waals surface area (Å²) in [6.07, 6.45) is 3.27. The van der Waals surface area contributed by atoms with Crippen molar-refractivity contribution >= 4 is 10.0 Å². The van der Waals surface area contributed by atoms with E-state index in [0.717, 1.165) is 6.54 Å². The summed E-state index contributed by atoms with van der Waals surface area (Å²) < 4.78 is 30.9. The maximum absolute atomic E-state index is 11.5. The van der Waals surface area contributed by atoms with Gasteiger partial charge >= 0.3 is 0 Å². The molecule has 1 rings (SSSR count). The van der Waals surface area contributed by atoms with Crippen molar-refractivity contribution in [2.24, 2.45) is 0 Å². The fraction of sp³-hybridized carbons (Fsp3) is 1.00. The van der Waals surface area contributed by atoms with Gasteiger partial charge in [0.05, 0.1) is 18.5 Å². The van der Waals surface area contributed by atoms with Gasteiger partial charge in [-0.1, -0.05) is 0 Å². The molecule has 1 fully saturated rings. The molecule has 0 aromatic rings. The highest BCUT2D eigenvalue weighted by molar-refractivity contribution is 7.89. The number of hydrogen-bond acceptors (Lipinski definition) is 4. The van der Waals surface area contributed by atoms with E-state index in [9.17, 15) is 8.42 Å². The SMILES string of the molecule is CC(C)OCCNS(=O)(=O)CCCNC1CC1. The van der Waals surface area contributed by atoms with Gasteiger partial charge in [-0.15, -0.1) is 0 Å². The smallest absolute Gasteiger partial charge is 0.211 e. The van der Waals surface area contributed by atoms with Crippen molar-refractivity contribution in [3.05, 3.63) is 0 Å². The third-order valence-corrected chi connectivity index (χ3v) is 3.95. The number of rotatable bonds is 10. The van der Waals surface area contributed by atoms with E-state index in [1.54, 1.807) is 0 Å². The minimum atomic E-state index is -3.13. The van der Waals surface area contributed by atoms with Gasteiger partial charge in [-0.05, 0) is 39.7 Å². The first-order chi connectivity index (χ1) is 7.99. The fourth-order valence-electron chi connectivity index (χ4n) is 1.42. The molecular formula is C11H24N2O3S. The van der Waals surface area contributed by atoms with Gasteiger partial charge in [-0.2, -0.15) is 0 Å². The van der Waals surface area contributed by atoms with Gasteiger partial charge in [0.15, 0.2) is 0 Å². The van der Waals surface area contributed by atoms with Gasteiger partial charge < -0.3 is 10.1 Å². The Morgan fingerprint density at radius 1 is 1.29 bits per heavy atom. The summed E-state index contributed by atoms with van der Waals surface area (Å²) in [5.74, 6) is 0.189. The summed E-state index contributed by atoms with van der Waals surface area (Å²) in [7, 11) is -3.13. The first-order valence-corrected chi connectivity index (χ1v) is 7.97. The molecular weight excluding hydrogens is 240 g/mol. The zero-order valence-corrected chi connectivity index (χ0v) is 11.6. The Morgan fingerprint density at radius 3 is 2.59 bits per heavy atom. The summed E-state index contributed by atoms with van der Waals surface area (Å²) in [5, 5.41) is 3.29. The van der Waals surface area contributed by atoms with Crippen molar-refractivity contribution in [1.29, 1.82) is 0 Å². The second kappa shape index (κ2) is 7.31. The molecule has 0 heterocycles. The van der Waals surface area contributed by atoms with Crippen LogP contribution in [-0.2, 0) is 14.8 Å². The normalized spacial score (nSPS) is 16.6. The van der Waals surface area contributed by atoms with Crippen molar-refractivity contribution in [2.75, 3.05) is 25.4 Å². The molecule has 0 radical (unpaired) electrons. The Labute approximate surface area is 104 Å². The van der Waals surface area contributed by atoms with Crippen LogP contribution < -0.4 is 10.0 Å². The van der Waals surface area contributed by atoms with E-state index in [1.807, 2.05) is 13.8 Å². The Hall–Kier alpha value is -0.170. The summed E-state index contributed by atoms with van der Waals surface area (Å²) in [5.41, 5.74) is 0. The minimum absolute atomic E-state index is 0.141. The van der Waals surface area contributed by atoms with Gasteiger partial charge in [-0.3, -0.25) is 0 Å². The van der Waals surface area contributed by atoms with Crippen molar-refractivity contribution in [3.63, 3.8) is 0 Å². The number of nitrogens with one attached hydrogen (secondary N) is 2. The highest BCUT2D eigenvalue weighted by atomic mass is 32.2. The Kier molecular flexibility index (Phi) is 6.40. The lowest BCUT2D eigenvalue weighted by Gasteiger charge is -2.09. The van der Waals surface area contributed by atoms with Crippen LogP contribution in [0.5, 0.6) is 0 Å². The number of ether oxygens (including phenoxy) is 1. The highest BCUT2D eigenvalue weighted by Crippen LogP contribution is 2.18. The molecule has 17 heavy (non-hydrogen) atoms. The van der Waals surface area contributed by atoms with Crippen LogP contribution in [0.4, 0.5) is 0 Å². The van der Waals surface area contributed by atoms with E-state index in [0.29, 0.717) is 25.6 Å². The van der Waals surface area contributed by atoms with E-state index >= 15 is 0 Å². The third kappa shape index (κ3) is 8.54. The highest BCUT2D eigenvalue weighted by Gasteiger charge is 2.20. The van der Waals surface area contributed by atoms with Crippen molar-refractivity contribution in [2.45, 2.75) is 45.3 Å². The van der Waals surface area contributed by atoms with Crippen LogP contribution in [-0.4, -0.2) is 46.0 Å². The summed E-state index contributed by atoms with van der Waals surface area (Å²) >= 11 is 0. The molecule has 102 valence electrons. The zero-order chi connectivity index (χ0) is 12.7. The van der Waals surface area contributed by atoms with Crippen LogP contribution in [0, 0.1) is 0 Å². The molecule has 0 aromatic heterocycles. The molecule has 0 aliphatic heterocycles. The van der Waals surface area contributed by atoms with E-state index < -0.39 is 10.0 Å². The molecule has 1 aliphatic rings. The maximum atomic E-state index is 11.5. The molecule has 0 spiro atoms. The molecule has 1 saturated carbocycles. The fourth-order valence-corrected chi connectivity index (χ4v) is 2.48. The van der Waals surface area contributed by atoms with Gasteiger partial charge in [0, 0.05) is 12.6 Å². The number of sulfonamides is 1. The second-order valence-corrected chi connectivity index (χ2v) is 6.64. The van der Waals surface area contributed by atoms with Crippen molar-refractivity contribution in [1.82, 2.24) is 10.0 Å². The first-order valence-electron chi connectivity index (χ1n) is 6.32. The first kappa shape index (κ1) is 14.9. The van der Waals surface area contributed by atoms with Crippen LogP contribution in [0.15, 0.2) is 0 Å². The van der Waals surface area contributed by atoms with Crippen LogP contribution in [0.3, 0.4) is 0 Å². The Bertz CT molecular complexity index is 284. The molecule has 0 saturated heterocycles. The summed E-state index contributed by atoms with van der Waals surface area (Å²) in [6.45, 7) is 5.43. The predicted octanol–water partition coefficient (Wildman–Crippen LogP) is 0.473. The monoisotopic (exact) mass is 264 g/mol. The molecule has 5 nitrogen and oxygen atoms in total. The molecule has 6 heteroatoms. The van der Waals surface area contributed by atoms with Gasteiger partial charge in [0.1, 0.15) is 0 Å². The maximum Gasteiger partial charge on any atom is 0.211 e. The Morgan fingerprint density at radius 2 is 2.00 bits per heavy atom. The Balaban J connectivity index is 1.99.